The fourth-order valence-electron chi connectivity index (χ4n) is 1.91. The minimum atomic E-state index is -0.371. The fourth-order valence-corrected chi connectivity index (χ4v) is 2.57. The number of hydrogen-bond acceptors (Lipinski definition) is 4. The number of hydrogen-bond donors (Lipinski definition) is 2. The molecule has 0 unspecified atom stereocenters. The lowest BCUT2D eigenvalue weighted by molar-refractivity contribution is 0.0941. The maximum Gasteiger partial charge on any atom is 0.270 e. The highest BCUT2D eigenvalue weighted by molar-refractivity contribution is 7.09. The number of amides is 1. The van der Waals surface area contributed by atoms with Gasteiger partial charge < -0.3 is 11.1 Å². The average Bonchev–Trinajstić information content (AvgIpc) is 2.94. The Bertz CT molecular complexity index is 645. The molecular formula is C15H19ClFN3OS. The second kappa shape index (κ2) is 7.67. The van der Waals surface area contributed by atoms with Crippen LogP contribution in [0.15, 0.2) is 29.6 Å². The molecule has 0 aliphatic rings. The van der Waals surface area contributed by atoms with Crippen LogP contribution in [-0.2, 0) is 12.0 Å². The van der Waals surface area contributed by atoms with Gasteiger partial charge in [-0.2, -0.15) is 0 Å². The molecule has 3 N–H and O–H groups in total. The Morgan fingerprint density at radius 3 is 2.77 bits per heavy atom. The molecule has 1 amide bonds. The number of rotatable bonds is 5. The summed E-state index contributed by atoms with van der Waals surface area (Å²) in [5, 5.41) is 5.25. The van der Waals surface area contributed by atoms with Crippen molar-refractivity contribution in [3.63, 3.8) is 0 Å². The number of carbonyl (C=O) groups excluding carboxylic acids is 1. The van der Waals surface area contributed by atoms with Crippen LogP contribution in [0.25, 0.3) is 0 Å². The molecule has 0 aliphatic carbocycles. The fraction of sp³-hybridized carbons (Fsp3) is 0.333. The second-order valence-electron chi connectivity index (χ2n) is 5.41. The van der Waals surface area contributed by atoms with Gasteiger partial charge >= 0.3 is 0 Å². The Labute approximate surface area is 139 Å². The molecule has 0 atom stereocenters. The maximum absolute atomic E-state index is 13.3. The van der Waals surface area contributed by atoms with Crippen molar-refractivity contribution in [3.05, 3.63) is 51.7 Å². The SMILES string of the molecule is CC(C)(CNC(=O)c1csc(CN)n1)c1cccc(F)c1.Cl. The van der Waals surface area contributed by atoms with E-state index >= 15 is 0 Å². The van der Waals surface area contributed by atoms with Gasteiger partial charge in [0.1, 0.15) is 16.5 Å². The summed E-state index contributed by atoms with van der Waals surface area (Å²) < 4.78 is 13.3. The first-order valence-corrected chi connectivity index (χ1v) is 7.49. The molecule has 1 aromatic carbocycles. The first-order chi connectivity index (χ1) is 9.92. The van der Waals surface area contributed by atoms with Crippen molar-refractivity contribution >= 4 is 29.7 Å². The average molecular weight is 344 g/mol. The molecule has 7 heteroatoms. The highest BCUT2D eigenvalue weighted by Gasteiger charge is 2.22. The van der Waals surface area contributed by atoms with Gasteiger partial charge in [0.25, 0.3) is 5.91 Å². The zero-order valence-corrected chi connectivity index (χ0v) is 14.1. The number of benzene rings is 1. The van der Waals surface area contributed by atoms with E-state index in [9.17, 15) is 9.18 Å². The van der Waals surface area contributed by atoms with Crippen LogP contribution in [0.5, 0.6) is 0 Å². The first-order valence-electron chi connectivity index (χ1n) is 6.61. The van der Waals surface area contributed by atoms with Crippen molar-refractivity contribution in [2.45, 2.75) is 25.8 Å². The van der Waals surface area contributed by atoms with E-state index in [4.69, 9.17) is 5.73 Å². The van der Waals surface area contributed by atoms with Crippen molar-refractivity contribution in [3.8, 4) is 0 Å². The second-order valence-corrected chi connectivity index (χ2v) is 6.35. The van der Waals surface area contributed by atoms with Gasteiger partial charge in [-0.3, -0.25) is 4.79 Å². The Balaban J connectivity index is 0.00000242. The van der Waals surface area contributed by atoms with E-state index in [2.05, 4.69) is 10.3 Å². The normalized spacial score (nSPS) is 10.9. The smallest absolute Gasteiger partial charge is 0.270 e. The Kier molecular flexibility index (Phi) is 6.47. The highest BCUT2D eigenvalue weighted by atomic mass is 35.5. The zero-order chi connectivity index (χ0) is 15.5. The van der Waals surface area contributed by atoms with E-state index in [1.165, 1.54) is 23.5 Å². The summed E-state index contributed by atoms with van der Waals surface area (Å²) in [6.45, 7) is 4.63. The van der Waals surface area contributed by atoms with E-state index in [1.807, 2.05) is 19.9 Å². The van der Waals surface area contributed by atoms with Crippen molar-refractivity contribution in [2.75, 3.05) is 6.54 Å². The summed E-state index contributed by atoms with van der Waals surface area (Å²) in [4.78, 5) is 16.2. The predicted molar refractivity (Wildman–Crippen MR) is 89.0 cm³/mol. The molecular weight excluding hydrogens is 325 g/mol. The standard InChI is InChI=1S/C15H18FN3OS.ClH/c1-15(2,10-4-3-5-11(16)6-10)9-18-14(20)12-8-21-13(7-17)19-12;/h3-6,8H,7,9,17H2,1-2H3,(H,18,20);1H. The van der Waals surface area contributed by atoms with Crippen molar-refractivity contribution in [1.29, 1.82) is 0 Å². The monoisotopic (exact) mass is 343 g/mol. The van der Waals surface area contributed by atoms with Gasteiger partial charge in [-0.1, -0.05) is 26.0 Å². The Morgan fingerprint density at radius 1 is 1.45 bits per heavy atom. The highest BCUT2D eigenvalue weighted by Crippen LogP contribution is 2.23. The molecule has 0 radical (unpaired) electrons. The molecule has 120 valence electrons. The van der Waals surface area contributed by atoms with Crippen LogP contribution in [0.1, 0.15) is 34.9 Å². The number of thiazole rings is 1. The lowest BCUT2D eigenvalue weighted by Gasteiger charge is -2.25. The quantitative estimate of drug-likeness (QED) is 0.877. The van der Waals surface area contributed by atoms with Gasteiger partial charge in [0.05, 0.1) is 0 Å². The maximum atomic E-state index is 13.3. The van der Waals surface area contributed by atoms with Gasteiger partial charge in [-0.15, -0.1) is 23.7 Å². The van der Waals surface area contributed by atoms with E-state index in [0.29, 0.717) is 18.8 Å². The third-order valence-electron chi connectivity index (χ3n) is 3.26. The molecule has 0 spiro atoms. The van der Waals surface area contributed by atoms with Gasteiger partial charge in [-0.05, 0) is 17.7 Å². The third-order valence-corrected chi connectivity index (χ3v) is 4.13. The molecule has 22 heavy (non-hydrogen) atoms. The number of nitrogens with two attached hydrogens (primary N) is 1. The molecule has 0 bridgehead atoms. The van der Waals surface area contributed by atoms with Gasteiger partial charge in [0, 0.05) is 23.9 Å². The molecule has 4 nitrogen and oxygen atoms in total. The molecule has 0 fully saturated rings. The largest absolute Gasteiger partial charge is 0.350 e. The van der Waals surface area contributed by atoms with Crippen molar-refractivity contribution < 1.29 is 9.18 Å². The van der Waals surface area contributed by atoms with Crippen LogP contribution in [0.2, 0.25) is 0 Å². The number of halogens is 2. The third kappa shape index (κ3) is 4.50. The van der Waals surface area contributed by atoms with Crippen LogP contribution >= 0.6 is 23.7 Å². The number of nitrogens with one attached hydrogen (secondary N) is 1. The lowest BCUT2D eigenvalue weighted by Crippen LogP contribution is -2.36. The summed E-state index contributed by atoms with van der Waals surface area (Å²) in [6.07, 6.45) is 0. The van der Waals surface area contributed by atoms with Crippen LogP contribution < -0.4 is 11.1 Å². The number of aromatic nitrogens is 1. The van der Waals surface area contributed by atoms with Crippen LogP contribution in [0.4, 0.5) is 4.39 Å². The summed E-state index contributed by atoms with van der Waals surface area (Å²) in [7, 11) is 0. The molecule has 2 rings (SSSR count). The van der Waals surface area contributed by atoms with E-state index < -0.39 is 0 Å². The van der Waals surface area contributed by atoms with Gasteiger partial charge in [-0.25, -0.2) is 9.37 Å². The van der Waals surface area contributed by atoms with Crippen molar-refractivity contribution in [2.24, 2.45) is 5.73 Å². The lowest BCUT2D eigenvalue weighted by atomic mass is 9.84. The molecule has 0 saturated heterocycles. The number of carbonyl (C=O) groups is 1. The Hall–Kier alpha value is -1.50. The van der Waals surface area contributed by atoms with E-state index in [-0.39, 0.29) is 29.5 Å². The Morgan fingerprint density at radius 2 is 2.18 bits per heavy atom. The van der Waals surface area contributed by atoms with E-state index in [1.54, 1.807) is 11.4 Å². The molecule has 1 aromatic heterocycles. The summed E-state index contributed by atoms with van der Waals surface area (Å²) in [5.74, 6) is -0.519. The van der Waals surface area contributed by atoms with Crippen molar-refractivity contribution in [1.82, 2.24) is 10.3 Å². The summed E-state index contributed by atoms with van der Waals surface area (Å²) in [5.41, 5.74) is 6.31. The molecule has 0 saturated carbocycles. The topological polar surface area (TPSA) is 68.0 Å². The van der Waals surface area contributed by atoms with Gasteiger partial charge in [0.2, 0.25) is 0 Å². The zero-order valence-electron chi connectivity index (χ0n) is 12.4. The summed E-state index contributed by atoms with van der Waals surface area (Å²) >= 11 is 1.36. The van der Waals surface area contributed by atoms with Gasteiger partial charge in [0.15, 0.2) is 0 Å². The van der Waals surface area contributed by atoms with E-state index in [0.717, 1.165) is 10.6 Å². The predicted octanol–water partition coefficient (Wildman–Crippen LogP) is 2.87. The number of nitrogens with zero attached hydrogens (tertiary/aromatic N) is 1. The van der Waals surface area contributed by atoms with Crippen LogP contribution in [0.3, 0.4) is 0 Å². The molecule has 0 aliphatic heterocycles. The molecule has 2 aromatic rings. The minimum absolute atomic E-state index is 0. The van der Waals surface area contributed by atoms with Crippen LogP contribution in [0, 0.1) is 5.82 Å². The van der Waals surface area contributed by atoms with Crippen LogP contribution in [-0.4, -0.2) is 17.4 Å². The molecule has 1 heterocycles. The first kappa shape index (κ1) is 18.5. The summed E-state index contributed by atoms with van der Waals surface area (Å²) in [6, 6.07) is 6.41. The minimum Gasteiger partial charge on any atom is -0.350 e.